The van der Waals surface area contributed by atoms with E-state index in [4.69, 9.17) is 53.6 Å². The molecule has 4 rings (SSSR count). The van der Waals surface area contributed by atoms with Gasteiger partial charge in [-0.25, -0.2) is 0 Å². The van der Waals surface area contributed by atoms with E-state index in [0.29, 0.717) is 43.4 Å². The van der Waals surface area contributed by atoms with Crippen LogP contribution in [-0.4, -0.2) is 61.7 Å². The van der Waals surface area contributed by atoms with Gasteiger partial charge in [0.2, 0.25) is 23.5 Å². The van der Waals surface area contributed by atoms with Gasteiger partial charge in [-0.15, -0.1) is 0 Å². The number of nitrogens with one attached hydrogen (secondary N) is 2. The van der Waals surface area contributed by atoms with Crippen LogP contribution in [0.3, 0.4) is 0 Å². The number of methoxy groups -OCH3 is 2. The highest BCUT2D eigenvalue weighted by atomic mass is 35.5. The molecule has 0 aliphatic carbocycles. The molecule has 0 spiro atoms. The Morgan fingerprint density at radius 2 is 1.00 bits per heavy atom. The number of rotatable bonds is 17. The van der Waals surface area contributed by atoms with Gasteiger partial charge in [-0.3, -0.25) is 0 Å². The van der Waals surface area contributed by atoms with E-state index in [9.17, 15) is 26.3 Å². The van der Waals surface area contributed by atoms with E-state index in [1.54, 1.807) is 60.7 Å². The molecule has 6 N–H and O–H groups in total. The molecule has 2 unspecified atom stereocenters. The molecule has 2 aromatic carbocycles. The van der Waals surface area contributed by atoms with Gasteiger partial charge in [0.25, 0.3) is 0 Å². The highest BCUT2D eigenvalue weighted by molar-refractivity contribution is 6.37. The summed E-state index contributed by atoms with van der Waals surface area (Å²) < 4.78 is 98.6. The number of ether oxygens (including phenoxy) is 4. The molecule has 282 valence electrons. The zero-order valence-electron chi connectivity index (χ0n) is 27.9. The summed E-state index contributed by atoms with van der Waals surface area (Å²) in [5.74, 6) is 0.739. The Balaban J connectivity index is 1.40. The number of pyridine rings is 2. The van der Waals surface area contributed by atoms with E-state index in [1.165, 1.54) is 14.2 Å². The fourth-order valence-corrected chi connectivity index (χ4v) is 5.31. The summed E-state index contributed by atoms with van der Waals surface area (Å²) in [7, 11) is 2.77. The Morgan fingerprint density at radius 1 is 0.615 bits per heavy atom. The summed E-state index contributed by atoms with van der Waals surface area (Å²) in [6.07, 6.45) is -9.03. The molecule has 0 saturated carbocycles. The van der Waals surface area contributed by atoms with Crippen molar-refractivity contribution >= 4 is 23.2 Å². The van der Waals surface area contributed by atoms with Gasteiger partial charge in [0, 0.05) is 71.7 Å². The average Bonchev–Trinajstić information content (AvgIpc) is 3.10. The summed E-state index contributed by atoms with van der Waals surface area (Å²) in [5.41, 5.74) is 13.8. The van der Waals surface area contributed by atoms with E-state index in [0.717, 1.165) is 0 Å². The first-order valence-electron chi connectivity index (χ1n) is 15.6. The minimum Gasteiger partial charge on any atom is -0.481 e. The lowest BCUT2D eigenvalue weighted by molar-refractivity contribution is -0.147. The number of hydrogen-bond donors (Lipinski definition) is 4. The molecule has 0 bridgehead atoms. The molecule has 4 aromatic rings. The van der Waals surface area contributed by atoms with Gasteiger partial charge in [0.1, 0.15) is 25.3 Å². The number of nitrogens with zero attached hydrogens (tertiary/aromatic N) is 2. The van der Waals surface area contributed by atoms with Crippen molar-refractivity contribution in [3.8, 4) is 34.6 Å². The van der Waals surface area contributed by atoms with Crippen LogP contribution < -0.4 is 41.0 Å². The molecule has 0 saturated heterocycles. The van der Waals surface area contributed by atoms with Crippen molar-refractivity contribution in [2.75, 3.05) is 27.3 Å². The lowest BCUT2D eigenvalue weighted by Crippen LogP contribution is -2.45. The number of nitrogens with two attached hydrogens (primary N) is 2. The van der Waals surface area contributed by atoms with Crippen LogP contribution in [-0.2, 0) is 26.3 Å². The highest BCUT2D eigenvalue weighted by Gasteiger charge is 2.37. The van der Waals surface area contributed by atoms with Gasteiger partial charge in [-0.1, -0.05) is 59.6 Å². The van der Waals surface area contributed by atoms with Gasteiger partial charge >= 0.3 is 12.4 Å². The van der Waals surface area contributed by atoms with Crippen molar-refractivity contribution in [3.63, 3.8) is 0 Å². The summed E-state index contributed by atoms with van der Waals surface area (Å²) in [6.45, 7) is -0.821. The molecule has 0 radical (unpaired) electrons. The molecule has 2 heterocycles. The fourth-order valence-electron chi connectivity index (χ4n) is 4.75. The van der Waals surface area contributed by atoms with E-state index in [1.807, 2.05) is 0 Å². The number of hydrogen-bond acceptors (Lipinski definition) is 10. The molecule has 0 aliphatic heterocycles. The lowest BCUT2D eigenvalue weighted by Gasteiger charge is -2.17. The third-order valence-electron chi connectivity index (χ3n) is 7.61. The number of aromatic nitrogens is 2. The van der Waals surface area contributed by atoms with Gasteiger partial charge in [0.05, 0.1) is 24.3 Å². The Hall–Kier alpha value is -4.06. The first-order chi connectivity index (χ1) is 24.6. The van der Waals surface area contributed by atoms with Crippen LogP contribution in [0.4, 0.5) is 26.3 Å². The van der Waals surface area contributed by atoms with Crippen LogP contribution in [0, 0.1) is 0 Å². The van der Waals surface area contributed by atoms with Crippen molar-refractivity contribution in [2.24, 2.45) is 11.5 Å². The molecular formula is C34H36Cl2F6N6O4. The molecule has 0 amide bonds. The SMILES string of the molecule is COc1nc(OCc2cccc(-c3cccc(COc4ccc(CNCC(N)C(F)(F)F)c(OC)n4)c3Cl)c2Cl)ccc1CNCC(N)C(F)(F)F. The van der Waals surface area contributed by atoms with Crippen LogP contribution in [0.2, 0.25) is 10.0 Å². The Kier molecular flexibility index (Phi) is 14.2. The van der Waals surface area contributed by atoms with Gasteiger partial charge in [0.15, 0.2) is 0 Å². The standard InChI is InChI=1S/C34H36Cl2F6N6O4/c1-49-31-19(13-45-15-25(43)33(37,38)39)9-11-27(47-31)51-17-21-5-3-7-23(29(21)35)24-8-4-6-22(30(24)36)18-52-28-12-10-20(32(48-28)50-2)14-46-16-26(44)34(40,41)42/h3-12,25-26,45-46H,13-18,43-44H2,1-2H3. The van der Waals surface area contributed by atoms with Gasteiger partial charge in [-0.05, 0) is 12.1 Å². The van der Waals surface area contributed by atoms with Gasteiger partial charge < -0.3 is 41.0 Å². The monoisotopic (exact) mass is 776 g/mol. The smallest absolute Gasteiger partial charge is 0.404 e. The zero-order chi connectivity index (χ0) is 38.1. The highest BCUT2D eigenvalue weighted by Crippen LogP contribution is 2.37. The Morgan fingerprint density at radius 3 is 1.35 bits per heavy atom. The molecule has 0 aliphatic rings. The third-order valence-corrected chi connectivity index (χ3v) is 8.51. The molecule has 2 atom stereocenters. The first-order valence-corrected chi connectivity index (χ1v) is 16.3. The maximum atomic E-state index is 12.7. The van der Waals surface area contributed by atoms with Crippen LogP contribution in [0.25, 0.3) is 11.1 Å². The van der Waals surface area contributed by atoms with Crippen molar-refractivity contribution in [2.45, 2.75) is 50.7 Å². The molecule has 52 heavy (non-hydrogen) atoms. The van der Waals surface area contributed by atoms with Crippen molar-refractivity contribution in [1.82, 2.24) is 20.6 Å². The predicted octanol–water partition coefficient (Wildman–Crippen LogP) is 6.58. The van der Waals surface area contributed by atoms with E-state index >= 15 is 0 Å². The number of benzene rings is 2. The van der Waals surface area contributed by atoms with Gasteiger partial charge in [-0.2, -0.15) is 36.3 Å². The zero-order valence-corrected chi connectivity index (χ0v) is 29.4. The largest absolute Gasteiger partial charge is 0.481 e. The quantitative estimate of drug-likeness (QED) is 0.0870. The topological polar surface area (TPSA) is 139 Å². The second-order valence-corrected chi connectivity index (χ2v) is 12.1. The molecule has 18 heteroatoms. The van der Waals surface area contributed by atoms with Crippen molar-refractivity contribution in [3.05, 3.63) is 93.0 Å². The minimum absolute atomic E-state index is 0.0232. The molecule has 10 nitrogen and oxygen atoms in total. The van der Waals surface area contributed by atoms with Crippen LogP contribution in [0.1, 0.15) is 22.3 Å². The third kappa shape index (κ3) is 11.0. The Bertz CT molecular complexity index is 1670. The van der Waals surface area contributed by atoms with Crippen molar-refractivity contribution < 1.29 is 45.3 Å². The second-order valence-electron chi connectivity index (χ2n) is 11.3. The summed E-state index contributed by atoms with van der Waals surface area (Å²) in [4.78, 5) is 8.61. The minimum atomic E-state index is -4.51. The van der Waals surface area contributed by atoms with Crippen molar-refractivity contribution in [1.29, 1.82) is 0 Å². The summed E-state index contributed by atoms with van der Waals surface area (Å²) in [6, 6.07) is 13.1. The lowest BCUT2D eigenvalue weighted by atomic mass is 10.0. The predicted molar refractivity (Wildman–Crippen MR) is 184 cm³/mol. The maximum absolute atomic E-state index is 12.7. The molecule has 2 aromatic heterocycles. The maximum Gasteiger partial charge on any atom is 0.404 e. The Labute approximate surface area is 305 Å². The average molecular weight is 778 g/mol. The second kappa shape index (κ2) is 18.1. The fraction of sp³-hybridized carbons (Fsp3) is 0.353. The van der Waals surface area contributed by atoms with E-state index in [-0.39, 0.29) is 49.8 Å². The molecule has 0 fully saturated rings. The number of halogens is 8. The molecular weight excluding hydrogens is 741 g/mol. The van der Waals surface area contributed by atoms with Crippen LogP contribution >= 0.6 is 23.2 Å². The van der Waals surface area contributed by atoms with E-state index in [2.05, 4.69) is 20.6 Å². The first kappa shape index (κ1) is 40.7. The normalized spacial score (nSPS) is 13.1. The summed E-state index contributed by atoms with van der Waals surface area (Å²) in [5, 5.41) is 6.06. The summed E-state index contributed by atoms with van der Waals surface area (Å²) >= 11 is 13.6. The van der Waals surface area contributed by atoms with E-state index < -0.39 is 37.5 Å². The van der Waals surface area contributed by atoms with Crippen LogP contribution in [0.15, 0.2) is 60.7 Å². The number of alkyl halides is 6. The van der Waals surface area contributed by atoms with Crippen LogP contribution in [0.5, 0.6) is 23.5 Å².